The van der Waals surface area contributed by atoms with Crippen LogP contribution in [0.1, 0.15) is 15.2 Å². The van der Waals surface area contributed by atoms with Crippen LogP contribution in [0.25, 0.3) is 55.4 Å². The lowest BCUT2D eigenvalue weighted by atomic mass is 9.95. The molecule has 6 rings (SSSR count). The molecular weight excluding hydrogens is 447 g/mol. The van der Waals surface area contributed by atoms with Crippen molar-refractivity contribution < 1.29 is 17.5 Å². The molecule has 0 saturated heterocycles. The third kappa shape index (κ3) is 3.45. The average molecular weight is 473 g/mol. The maximum absolute atomic E-state index is 14.4. The summed E-state index contributed by atoms with van der Waals surface area (Å²) in [4.78, 5) is 0. The van der Waals surface area contributed by atoms with Crippen molar-refractivity contribution in [3.63, 3.8) is 0 Å². The first kappa shape index (κ1) is 18.6. The van der Waals surface area contributed by atoms with Crippen molar-refractivity contribution in [3.05, 3.63) is 114 Å². The third-order valence-corrected chi connectivity index (χ3v) is 6.55. The maximum Gasteiger partial charge on any atom is 0.216 e. The summed E-state index contributed by atoms with van der Waals surface area (Å²) in [6.07, 6.45) is -0.490. The van der Waals surface area contributed by atoms with Crippen LogP contribution in [-0.2, 0) is 7.05 Å². The second kappa shape index (κ2) is 8.48. The van der Waals surface area contributed by atoms with Gasteiger partial charge in [-0.3, -0.25) is 0 Å². The fraction of sp³-hybridized carbons (Fsp3) is 0.0625. The number of hydrogen-bond donors (Lipinski definition) is 0. The molecule has 0 saturated carbocycles. The Hall–Kier alpha value is -4.75. The first-order valence-corrected chi connectivity index (χ1v) is 11.5. The molecule has 2 heterocycles. The third-order valence-electron chi connectivity index (χ3n) is 6.55. The van der Waals surface area contributed by atoms with Gasteiger partial charge in [0, 0.05) is 22.4 Å². The summed E-state index contributed by atoms with van der Waals surface area (Å²) in [7, 11) is 1.50. The fourth-order valence-corrected chi connectivity index (χ4v) is 4.79. The number of hydrogen-bond acceptors (Lipinski definition) is 2. The zero-order chi connectivity index (χ0) is 27.4. The Morgan fingerprint density at radius 3 is 2.33 bits per heavy atom. The molecule has 4 aromatic carbocycles. The summed E-state index contributed by atoms with van der Waals surface area (Å²) >= 11 is 0. The molecule has 172 valence electrons. The quantitative estimate of drug-likeness (QED) is 0.247. The van der Waals surface area contributed by atoms with E-state index in [9.17, 15) is 9.65 Å². The lowest BCUT2D eigenvalue weighted by molar-refractivity contribution is -0.661. The second-order valence-corrected chi connectivity index (χ2v) is 8.74. The molecule has 2 aromatic heterocycles. The van der Waals surface area contributed by atoms with Crippen LogP contribution in [0.2, 0.25) is 0 Å². The Morgan fingerprint density at radius 1 is 0.861 bits per heavy atom. The summed E-state index contributed by atoms with van der Waals surface area (Å²) in [5.41, 5.74) is 6.74. The Labute approximate surface area is 212 Å². The number of aromatic nitrogens is 1. The Balaban J connectivity index is 1.64. The van der Waals surface area contributed by atoms with Crippen molar-refractivity contribution in [3.8, 4) is 39.6 Å². The molecule has 0 fully saturated rings. The molecule has 0 spiro atoms. The van der Waals surface area contributed by atoms with Gasteiger partial charge in [0.15, 0.2) is 5.82 Å². The normalized spacial score (nSPS) is 12.3. The average Bonchev–Trinajstić information content (AvgIpc) is 3.36. The number of pyridine rings is 1. The number of fused-ring (bicyclic) bond motifs is 3. The van der Waals surface area contributed by atoms with Crippen LogP contribution in [0.15, 0.2) is 102 Å². The highest BCUT2D eigenvalue weighted by Gasteiger charge is 2.23. The Morgan fingerprint density at radius 2 is 1.58 bits per heavy atom. The molecule has 0 bridgehead atoms. The van der Waals surface area contributed by atoms with Crippen molar-refractivity contribution in [1.29, 1.82) is 5.26 Å². The molecule has 0 atom stereocenters. The number of rotatable bonds is 3. The minimum atomic E-state index is -1.05. The molecule has 0 aliphatic heterocycles. The van der Waals surface area contributed by atoms with E-state index in [0.29, 0.717) is 33.1 Å². The van der Waals surface area contributed by atoms with Gasteiger partial charge < -0.3 is 4.42 Å². The molecule has 0 aliphatic carbocycles. The zero-order valence-electron chi connectivity index (χ0n) is 22.7. The van der Waals surface area contributed by atoms with Gasteiger partial charge >= 0.3 is 0 Å². The van der Waals surface area contributed by atoms with Gasteiger partial charge in [-0.25, -0.2) is 4.39 Å². The smallest absolute Gasteiger partial charge is 0.216 e. The van der Waals surface area contributed by atoms with Crippen LogP contribution in [-0.4, -0.2) is 0 Å². The SMILES string of the molecule is [2H]c1c([2H])c(-c2c(C)ccc3c2oc2c(-c4ccc(-c5ccccc5)cc4)ccc(C#N)c23)[n+](C)c([2H])c1F. The first-order chi connectivity index (χ1) is 18.8. The molecule has 36 heavy (non-hydrogen) atoms. The van der Waals surface area contributed by atoms with Gasteiger partial charge in [0.2, 0.25) is 11.9 Å². The highest BCUT2D eigenvalue weighted by Crippen LogP contribution is 2.42. The van der Waals surface area contributed by atoms with E-state index in [-0.39, 0.29) is 11.7 Å². The molecule has 0 aliphatic rings. The van der Waals surface area contributed by atoms with Crippen molar-refractivity contribution in [1.82, 2.24) is 0 Å². The van der Waals surface area contributed by atoms with Crippen LogP contribution in [0.5, 0.6) is 0 Å². The number of aryl methyl sites for hydroxylation is 1. The molecule has 0 radical (unpaired) electrons. The summed E-state index contributed by atoms with van der Waals surface area (Å²) in [6.45, 7) is 1.84. The molecule has 0 N–H and O–H groups in total. The van der Waals surface area contributed by atoms with Crippen LogP contribution in [0.4, 0.5) is 4.39 Å². The molecule has 0 unspecified atom stereocenters. The van der Waals surface area contributed by atoms with Crippen LogP contribution in [0, 0.1) is 24.1 Å². The van der Waals surface area contributed by atoms with Gasteiger partial charge in [0.25, 0.3) is 0 Å². The predicted octanol–water partition coefficient (Wildman–Crippen LogP) is 7.73. The summed E-state index contributed by atoms with van der Waals surface area (Å²) in [5, 5.41) is 11.3. The summed E-state index contributed by atoms with van der Waals surface area (Å²) in [5.74, 6) is -1.05. The number of nitriles is 1. The van der Waals surface area contributed by atoms with Crippen molar-refractivity contribution in [2.45, 2.75) is 6.92 Å². The van der Waals surface area contributed by atoms with E-state index in [4.69, 9.17) is 8.53 Å². The molecule has 3 nitrogen and oxygen atoms in total. The molecule has 4 heteroatoms. The monoisotopic (exact) mass is 472 g/mol. The summed E-state index contributed by atoms with van der Waals surface area (Å²) < 4.78 is 47.0. The van der Waals surface area contributed by atoms with E-state index < -0.39 is 18.0 Å². The predicted molar refractivity (Wildman–Crippen MR) is 141 cm³/mol. The van der Waals surface area contributed by atoms with Gasteiger partial charge in [-0.15, -0.1) is 0 Å². The number of nitrogens with zero attached hydrogens (tertiary/aromatic N) is 2. The van der Waals surface area contributed by atoms with Crippen LogP contribution >= 0.6 is 0 Å². The molecule has 0 amide bonds. The molecular formula is C32H22FN2O+. The van der Waals surface area contributed by atoms with Crippen LogP contribution < -0.4 is 4.57 Å². The van der Waals surface area contributed by atoms with Crippen LogP contribution in [0.3, 0.4) is 0 Å². The van der Waals surface area contributed by atoms with E-state index in [2.05, 4.69) is 18.2 Å². The van der Waals surface area contributed by atoms with E-state index in [1.807, 2.05) is 67.6 Å². The largest absolute Gasteiger partial charge is 0.454 e. The minimum absolute atomic E-state index is 0.209. The van der Waals surface area contributed by atoms with Crippen molar-refractivity contribution in [2.75, 3.05) is 0 Å². The van der Waals surface area contributed by atoms with Crippen molar-refractivity contribution >= 4 is 21.9 Å². The van der Waals surface area contributed by atoms with E-state index in [1.165, 1.54) is 11.6 Å². The van der Waals surface area contributed by atoms with Gasteiger partial charge in [-0.2, -0.15) is 9.83 Å². The highest BCUT2D eigenvalue weighted by atomic mass is 19.1. The number of benzene rings is 4. The molecule has 6 aromatic rings. The number of furan rings is 1. The lowest BCUT2D eigenvalue weighted by Crippen LogP contribution is -2.31. The van der Waals surface area contributed by atoms with Gasteiger partial charge in [0.1, 0.15) is 19.6 Å². The maximum atomic E-state index is 14.4. The highest BCUT2D eigenvalue weighted by molar-refractivity contribution is 6.15. The van der Waals surface area contributed by atoms with E-state index in [1.54, 1.807) is 6.07 Å². The second-order valence-electron chi connectivity index (χ2n) is 8.74. The standard InChI is InChI=1S/C32H22FN2O/c1-20-8-15-27-30-24(18-34)13-16-26(23-11-9-22(10-12-23)21-6-4-3-5-7-21)31(30)36-32(27)29(20)28-17-14-25(33)19-35(28)2/h3-17,19H,1-2H3/q+1/i14D,17D,19D. The van der Waals surface area contributed by atoms with E-state index in [0.717, 1.165) is 27.8 Å². The topological polar surface area (TPSA) is 40.8 Å². The van der Waals surface area contributed by atoms with E-state index >= 15 is 0 Å². The van der Waals surface area contributed by atoms with Gasteiger partial charge in [0.05, 0.1) is 19.9 Å². The zero-order valence-corrected chi connectivity index (χ0v) is 19.7. The first-order valence-electron chi connectivity index (χ1n) is 13.0. The minimum Gasteiger partial charge on any atom is -0.454 e. The van der Waals surface area contributed by atoms with Crippen molar-refractivity contribution in [2.24, 2.45) is 7.05 Å². The Kier molecular flexibility index (Phi) is 4.37. The lowest BCUT2D eigenvalue weighted by Gasteiger charge is -2.06. The fourth-order valence-electron chi connectivity index (χ4n) is 4.79. The number of halogens is 1. The Bertz CT molecular complexity index is 1950. The van der Waals surface area contributed by atoms with Gasteiger partial charge in [-0.05, 0) is 47.4 Å². The van der Waals surface area contributed by atoms with Gasteiger partial charge in [-0.1, -0.05) is 66.7 Å². The summed E-state index contributed by atoms with van der Waals surface area (Å²) in [6, 6.07) is 26.9.